The number of nitrogens with two attached hydrogens (primary N) is 1. The molecule has 5 atom stereocenters. The van der Waals surface area contributed by atoms with Crippen LogP contribution >= 0.6 is 19.6 Å². The second kappa shape index (κ2) is 8.36. The molecule has 3 aliphatic heterocycles. The Labute approximate surface area is 185 Å². The molecule has 4 heterocycles. The number of ether oxygens (including phenoxy) is 2. The van der Waals surface area contributed by atoms with Crippen molar-refractivity contribution in [2.45, 2.75) is 35.8 Å². The van der Waals surface area contributed by atoms with E-state index in [0.29, 0.717) is 17.3 Å². The third kappa shape index (κ3) is 3.98. The van der Waals surface area contributed by atoms with E-state index >= 15 is 0 Å². The Morgan fingerprint density at radius 1 is 1.39 bits per heavy atom. The molecular weight excluding hydrogens is 440 g/mol. The van der Waals surface area contributed by atoms with E-state index in [4.69, 9.17) is 24.3 Å². The normalized spacial score (nSPS) is 32.2. The van der Waals surface area contributed by atoms with Crippen molar-refractivity contribution in [3.63, 3.8) is 0 Å². The Hall–Kier alpha value is -1.66. The summed E-state index contributed by atoms with van der Waals surface area (Å²) < 4.78 is 23.5. The molecule has 0 aliphatic carbocycles. The second-order valence-corrected chi connectivity index (χ2v) is 11.1. The minimum absolute atomic E-state index is 0.212. The quantitative estimate of drug-likeness (QED) is 0.427. The monoisotopic (exact) mass is 465 g/mol. The number of rotatable bonds is 5. The number of nitrogens with zero attached hydrogens (tertiary/aromatic N) is 3. The van der Waals surface area contributed by atoms with Crippen molar-refractivity contribution in [2.24, 2.45) is 0 Å². The summed E-state index contributed by atoms with van der Waals surface area (Å²) in [6.07, 6.45) is -0.313. The van der Waals surface area contributed by atoms with Crippen molar-refractivity contribution < 1.29 is 23.4 Å². The predicted molar refractivity (Wildman–Crippen MR) is 123 cm³/mol. The van der Waals surface area contributed by atoms with Gasteiger partial charge in [-0.05, 0) is 0 Å². The van der Waals surface area contributed by atoms with Gasteiger partial charge in [0.2, 0.25) is 0 Å². The van der Waals surface area contributed by atoms with Gasteiger partial charge < -0.3 is 0 Å². The number of hydrogen-bond donors (Lipinski definition) is 3. The number of methoxy groups -OCH3 is 1. The number of anilines is 3. The third-order valence-electron chi connectivity index (χ3n) is 5.57. The zero-order valence-corrected chi connectivity index (χ0v) is 19.0. The molecule has 0 bridgehead atoms. The molecule has 0 amide bonds. The van der Waals surface area contributed by atoms with Crippen LogP contribution in [0.5, 0.6) is 0 Å². The zero-order valence-electron chi connectivity index (χ0n) is 17.2. The molecule has 0 saturated carbocycles. The average Bonchev–Trinajstić information content (AvgIpc) is 3.30. The average molecular weight is 465 g/mol. The van der Waals surface area contributed by atoms with Crippen molar-refractivity contribution in [2.75, 3.05) is 29.7 Å². The molecule has 0 radical (unpaired) electrons. The van der Waals surface area contributed by atoms with Crippen LogP contribution in [0.25, 0.3) is 0 Å². The Kier molecular flexibility index (Phi) is 5.72. The molecule has 2 saturated heterocycles. The van der Waals surface area contributed by atoms with Gasteiger partial charge in [0.05, 0.1) is 0 Å². The summed E-state index contributed by atoms with van der Waals surface area (Å²) >= 11 is 1.69. The van der Waals surface area contributed by atoms with Crippen LogP contribution in [0.15, 0.2) is 36.7 Å². The molecule has 4 N–H and O–H groups in total. The fourth-order valence-corrected chi connectivity index (χ4v) is 6.59. The van der Waals surface area contributed by atoms with Crippen molar-refractivity contribution in [3.8, 4) is 0 Å². The number of fused-ring (bicyclic) bond motifs is 2. The summed E-state index contributed by atoms with van der Waals surface area (Å²) in [6.45, 7) is 0.252. The van der Waals surface area contributed by atoms with Gasteiger partial charge in [0.25, 0.3) is 0 Å². The molecule has 3 aliphatic rings. The van der Waals surface area contributed by atoms with Gasteiger partial charge >= 0.3 is 186 Å². The van der Waals surface area contributed by atoms with Gasteiger partial charge in [0.15, 0.2) is 0 Å². The Morgan fingerprint density at radius 3 is 2.97 bits per heavy atom. The maximum absolute atomic E-state index is 10.4. The first-order valence-corrected chi connectivity index (χ1v) is 13.3. The maximum atomic E-state index is 10.4. The van der Waals surface area contributed by atoms with E-state index in [1.54, 1.807) is 26.4 Å². The van der Waals surface area contributed by atoms with Crippen LogP contribution in [0, 0.1) is 0 Å². The molecule has 2 aromatic rings. The first kappa shape index (κ1) is 21.2. The van der Waals surface area contributed by atoms with E-state index in [1.165, 1.54) is 11.9 Å². The van der Waals surface area contributed by atoms with Gasteiger partial charge in [0.1, 0.15) is 0 Å². The summed E-state index contributed by atoms with van der Waals surface area (Å²) in [4.78, 5) is 21.0. The summed E-state index contributed by atoms with van der Waals surface area (Å²) in [5.41, 5.74) is 7.78. The molecule has 2 fully saturated rings. The molecule has 31 heavy (non-hydrogen) atoms. The van der Waals surface area contributed by atoms with Gasteiger partial charge in [-0.1, -0.05) is 0 Å². The Balaban J connectivity index is 1.44. The molecule has 1 aromatic heterocycles. The van der Waals surface area contributed by atoms with Gasteiger partial charge in [-0.2, -0.15) is 0 Å². The van der Waals surface area contributed by atoms with Gasteiger partial charge in [0, 0.05) is 0 Å². The summed E-state index contributed by atoms with van der Waals surface area (Å²) in [5, 5.41) is 3.43. The van der Waals surface area contributed by atoms with Crippen LogP contribution in [0.1, 0.15) is 5.56 Å². The number of nitrogen functional groups attached to an aromatic ring is 1. The molecule has 0 spiro atoms. The molecule has 4 unspecified atom stereocenters. The van der Waals surface area contributed by atoms with Crippen LogP contribution in [0.3, 0.4) is 0 Å². The number of hydrogen-bond acceptors (Lipinski definition) is 11. The predicted octanol–water partition coefficient (Wildman–Crippen LogP) is 0.698. The van der Waals surface area contributed by atoms with E-state index in [9.17, 15) is 4.89 Å². The first-order valence-electron chi connectivity index (χ1n) is 10.00. The summed E-state index contributed by atoms with van der Waals surface area (Å²) in [7, 11) is 0.00864. The van der Waals surface area contributed by atoms with Crippen LogP contribution in [0.4, 0.5) is 17.3 Å². The Bertz CT molecular complexity index is 947. The number of nitrogens with one attached hydrogen (secondary N) is 1. The number of aromatic nitrogens is 2. The van der Waals surface area contributed by atoms with Crippen LogP contribution in [-0.2, 0) is 24.3 Å². The van der Waals surface area contributed by atoms with Crippen molar-refractivity contribution in [3.05, 3.63) is 42.2 Å². The second-order valence-electron chi connectivity index (χ2n) is 7.71. The molecule has 10 nitrogen and oxygen atoms in total. The van der Waals surface area contributed by atoms with E-state index in [-0.39, 0.29) is 18.2 Å². The van der Waals surface area contributed by atoms with Gasteiger partial charge in [-0.15, -0.1) is 0 Å². The fourth-order valence-electron chi connectivity index (χ4n) is 4.14. The van der Waals surface area contributed by atoms with Crippen molar-refractivity contribution in [1.82, 2.24) is 9.97 Å². The SMILES string of the molecule is B[PH]1(O)OCC2OC(N3c4ncnc(N)c4NC3SCc3ccccc3)C(OC)[C@@H]2O1. The third-order valence-corrected chi connectivity index (χ3v) is 8.15. The Morgan fingerprint density at radius 2 is 2.19 bits per heavy atom. The van der Waals surface area contributed by atoms with E-state index < -0.39 is 26.3 Å². The molecule has 1 aromatic carbocycles. The molecule has 13 heteroatoms. The van der Waals surface area contributed by atoms with Crippen molar-refractivity contribution in [1.29, 1.82) is 0 Å². The van der Waals surface area contributed by atoms with Crippen molar-refractivity contribution >= 4 is 44.5 Å². The fraction of sp³-hybridized carbons (Fsp3) is 0.444. The minimum atomic E-state index is -3.21. The number of thioether (sulfide) groups is 1. The summed E-state index contributed by atoms with van der Waals surface area (Å²) in [6, 6.07) is 10.2. The van der Waals surface area contributed by atoms with Crippen LogP contribution < -0.4 is 16.0 Å². The van der Waals surface area contributed by atoms with Gasteiger partial charge in [-0.25, -0.2) is 0 Å². The number of benzene rings is 1. The molecular formula is C18H25BN5O5PS. The topological polar surface area (TPSA) is 124 Å². The van der Waals surface area contributed by atoms with E-state index in [2.05, 4.69) is 27.4 Å². The molecule has 166 valence electrons. The van der Waals surface area contributed by atoms with Crippen LogP contribution in [0.2, 0.25) is 0 Å². The zero-order chi connectivity index (χ0) is 21.6. The standard InChI is InChI=1S/C18H25BN5O5PS/c1-26-14-13-11(7-27-30(19,25)29-13)28-17(14)24-16-12(15(20)21-9-22-16)23-18(24)31-8-10-5-3-2-4-6-10/h2-6,9,11,13-14,17-18,23,25,30H,7-8,19H2,1H3,(H2,20,21,22)/t11?,13-,14?,17?,18?/m1/s1. The summed E-state index contributed by atoms with van der Waals surface area (Å²) in [5.74, 6) is 1.79. The van der Waals surface area contributed by atoms with E-state index in [0.717, 1.165) is 5.75 Å². The van der Waals surface area contributed by atoms with Gasteiger partial charge in [-0.3, -0.25) is 0 Å². The van der Waals surface area contributed by atoms with Crippen LogP contribution in [-0.4, -0.2) is 66.2 Å². The molecule has 5 rings (SSSR count). The first-order chi connectivity index (χ1) is 15.0. The van der Waals surface area contributed by atoms with E-state index in [1.807, 2.05) is 23.1 Å².